The number of halogens is 1. The Bertz CT molecular complexity index is 963. The number of aryl methyl sites for hydroxylation is 1. The van der Waals surface area contributed by atoms with E-state index in [2.05, 4.69) is 51.4 Å². The summed E-state index contributed by atoms with van der Waals surface area (Å²) in [4.78, 5) is 22.9. The number of fused-ring (bicyclic) bond motifs is 1. The van der Waals surface area contributed by atoms with Gasteiger partial charge in [-0.05, 0) is 56.4 Å². The second-order valence-electron chi connectivity index (χ2n) is 7.92. The number of nitrogens with zero attached hydrogens (tertiary/aromatic N) is 2. The number of anilines is 1. The number of hydrogen-bond donors (Lipinski definition) is 2. The van der Waals surface area contributed by atoms with Crippen LogP contribution in [0.4, 0.5) is 5.95 Å². The van der Waals surface area contributed by atoms with Crippen molar-refractivity contribution in [3.63, 3.8) is 0 Å². The molecule has 4 rings (SSSR count). The van der Waals surface area contributed by atoms with Crippen LogP contribution < -0.4 is 10.2 Å². The smallest absolute Gasteiger partial charge is 0.223 e. The van der Waals surface area contributed by atoms with Crippen LogP contribution in [0.25, 0.3) is 11.0 Å². The highest BCUT2D eigenvalue weighted by Gasteiger charge is 2.27. The topological polar surface area (TPSA) is 61.0 Å². The number of aromatic amines is 1. The van der Waals surface area contributed by atoms with Crippen molar-refractivity contribution in [2.45, 2.75) is 38.6 Å². The van der Waals surface area contributed by atoms with Gasteiger partial charge >= 0.3 is 0 Å². The number of nitrogens with one attached hydrogen (secondary N) is 2. The monoisotopic (exact) mass is 410 g/mol. The first kappa shape index (κ1) is 19.8. The molecule has 152 valence electrons. The maximum Gasteiger partial charge on any atom is 0.223 e. The van der Waals surface area contributed by atoms with Gasteiger partial charge in [-0.2, -0.15) is 0 Å². The van der Waals surface area contributed by atoms with Crippen LogP contribution in [-0.2, 0) is 11.2 Å². The molecule has 1 aliphatic rings. The van der Waals surface area contributed by atoms with Crippen molar-refractivity contribution in [2.75, 3.05) is 18.0 Å². The molecule has 1 saturated heterocycles. The summed E-state index contributed by atoms with van der Waals surface area (Å²) < 4.78 is 0. The highest BCUT2D eigenvalue weighted by atomic mass is 35.5. The average Bonchev–Trinajstić information content (AvgIpc) is 3.16. The second kappa shape index (κ2) is 8.87. The lowest BCUT2D eigenvalue weighted by molar-refractivity contribution is -0.126. The van der Waals surface area contributed by atoms with Crippen molar-refractivity contribution >= 4 is 34.5 Å². The first-order valence-electron chi connectivity index (χ1n) is 10.3. The Kier molecular flexibility index (Phi) is 6.05. The van der Waals surface area contributed by atoms with Gasteiger partial charge in [-0.3, -0.25) is 4.79 Å². The summed E-state index contributed by atoms with van der Waals surface area (Å²) in [7, 11) is 0. The van der Waals surface area contributed by atoms with Crippen LogP contribution in [0.2, 0.25) is 5.02 Å². The van der Waals surface area contributed by atoms with Crippen LogP contribution in [0.3, 0.4) is 0 Å². The van der Waals surface area contributed by atoms with E-state index in [-0.39, 0.29) is 17.9 Å². The minimum atomic E-state index is 0.0734. The lowest BCUT2D eigenvalue weighted by Gasteiger charge is -2.31. The van der Waals surface area contributed by atoms with Crippen molar-refractivity contribution in [3.05, 3.63) is 59.1 Å². The molecule has 0 bridgehead atoms. The number of benzene rings is 2. The zero-order chi connectivity index (χ0) is 20.2. The molecular weight excluding hydrogens is 384 g/mol. The Balaban J connectivity index is 1.26. The van der Waals surface area contributed by atoms with Gasteiger partial charge in [-0.15, -0.1) is 0 Å². The first-order chi connectivity index (χ1) is 14.1. The maximum absolute atomic E-state index is 12.7. The normalized spacial score (nSPS) is 16.1. The molecule has 1 aromatic heterocycles. The molecule has 0 spiro atoms. The Hall–Kier alpha value is -2.53. The third kappa shape index (κ3) is 4.91. The molecule has 3 aromatic rings. The molecule has 0 saturated carbocycles. The van der Waals surface area contributed by atoms with Gasteiger partial charge in [-0.1, -0.05) is 41.9 Å². The zero-order valence-electron chi connectivity index (χ0n) is 16.7. The lowest BCUT2D eigenvalue weighted by atomic mass is 9.95. The van der Waals surface area contributed by atoms with E-state index in [0.717, 1.165) is 55.8 Å². The number of imidazole rings is 1. The fourth-order valence-electron chi connectivity index (χ4n) is 3.93. The van der Waals surface area contributed by atoms with E-state index >= 15 is 0 Å². The first-order valence-corrected chi connectivity index (χ1v) is 10.7. The van der Waals surface area contributed by atoms with Crippen LogP contribution in [0, 0.1) is 5.92 Å². The van der Waals surface area contributed by atoms with Gasteiger partial charge in [0, 0.05) is 30.1 Å². The number of hydrogen-bond acceptors (Lipinski definition) is 3. The average molecular weight is 411 g/mol. The van der Waals surface area contributed by atoms with E-state index in [0.29, 0.717) is 5.02 Å². The number of rotatable bonds is 6. The predicted molar refractivity (Wildman–Crippen MR) is 118 cm³/mol. The molecule has 29 heavy (non-hydrogen) atoms. The van der Waals surface area contributed by atoms with Crippen molar-refractivity contribution in [3.8, 4) is 0 Å². The summed E-state index contributed by atoms with van der Waals surface area (Å²) in [6.07, 6.45) is 3.62. The minimum absolute atomic E-state index is 0.0734. The largest absolute Gasteiger partial charge is 0.353 e. The molecule has 2 aromatic carbocycles. The van der Waals surface area contributed by atoms with Crippen LogP contribution >= 0.6 is 11.6 Å². The fourth-order valence-corrected chi connectivity index (χ4v) is 4.10. The second-order valence-corrected chi connectivity index (χ2v) is 8.35. The molecule has 1 fully saturated rings. The van der Waals surface area contributed by atoms with Gasteiger partial charge in [0.25, 0.3) is 0 Å². The van der Waals surface area contributed by atoms with Crippen molar-refractivity contribution in [1.82, 2.24) is 15.3 Å². The van der Waals surface area contributed by atoms with Crippen LogP contribution in [0.1, 0.15) is 31.7 Å². The minimum Gasteiger partial charge on any atom is -0.353 e. The summed E-state index contributed by atoms with van der Waals surface area (Å²) in [5.41, 5.74) is 3.17. The highest BCUT2D eigenvalue weighted by molar-refractivity contribution is 6.31. The Morgan fingerprint density at radius 2 is 2.00 bits per heavy atom. The maximum atomic E-state index is 12.7. The number of amides is 1. The summed E-state index contributed by atoms with van der Waals surface area (Å²) in [5.74, 6) is 1.11. The number of carbonyl (C=O) groups excluding carboxylic acids is 1. The molecule has 2 N–H and O–H groups in total. The van der Waals surface area contributed by atoms with Crippen molar-refractivity contribution in [1.29, 1.82) is 0 Å². The molecule has 0 aliphatic carbocycles. The molecule has 6 heteroatoms. The SMILES string of the molecule is C[C@H](CCc1ccccc1)NC(=O)C1CCN(c2nc3ccc(Cl)cc3[nH]2)CC1. The Morgan fingerprint density at radius 1 is 1.24 bits per heavy atom. The molecule has 1 aliphatic heterocycles. The molecular formula is C23H27ClN4O. The lowest BCUT2D eigenvalue weighted by Crippen LogP contribution is -2.43. The van der Waals surface area contributed by atoms with E-state index in [1.165, 1.54) is 5.56 Å². The van der Waals surface area contributed by atoms with E-state index in [1.54, 1.807) is 0 Å². The summed E-state index contributed by atoms with van der Waals surface area (Å²) in [6.45, 7) is 3.74. The fraction of sp³-hybridized carbons (Fsp3) is 0.391. The third-order valence-electron chi connectivity index (χ3n) is 5.69. The molecule has 2 heterocycles. The van der Waals surface area contributed by atoms with Gasteiger partial charge in [0.2, 0.25) is 11.9 Å². The number of piperidine rings is 1. The van der Waals surface area contributed by atoms with Gasteiger partial charge in [0.05, 0.1) is 11.0 Å². The number of H-pyrrole nitrogens is 1. The highest BCUT2D eigenvalue weighted by Crippen LogP contribution is 2.25. The van der Waals surface area contributed by atoms with Crippen LogP contribution in [0.5, 0.6) is 0 Å². The van der Waals surface area contributed by atoms with Gasteiger partial charge < -0.3 is 15.2 Å². The Morgan fingerprint density at radius 3 is 2.76 bits per heavy atom. The van der Waals surface area contributed by atoms with Gasteiger partial charge in [0.15, 0.2) is 0 Å². The molecule has 1 amide bonds. The van der Waals surface area contributed by atoms with E-state index in [4.69, 9.17) is 11.6 Å². The number of aromatic nitrogens is 2. The van der Waals surface area contributed by atoms with Crippen molar-refractivity contribution in [2.24, 2.45) is 5.92 Å². The standard InChI is InChI=1S/C23H27ClN4O/c1-16(7-8-17-5-3-2-4-6-17)25-22(29)18-11-13-28(14-12-18)23-26-20-10-9-19(24)15-21(20)27-23/h2-6,9-10,15-16,18H,7-8,11-14H2,1H3,(H,25,29)(H,26,27)/t16-/m1/s1. The molecule has 5 nitrogen and oxygen atoms in total. The summed E-state index contributed by atoms with van der Waals surface area (Å²) in [6, 6.07) is 16.3. The van der Waals surface area contributed by atoms with Gasteiger partial charge in [0.1, 0.15) is 0 Å². The third-order valence-corrected chi connectivity index (χ3v) is 5.93. The number of carbonyl (C=O) groups is 1. The molecule has 1 atom stereocenters. The quantitative estimate of drug-likeness (QED) is 0.625. The van der Waals surface area contributed by atoms with E-state index in [9.17, 15) is 4.79 Å². The van der Waals surface area contributed by atoms with Crippen LogP contribution in [0.15, 0.2) is 48.5 Å². The molecule has 0 radical (unpaired) electrons. The van der Waals surface area contributed by atoms with Gasteiger partial charge in [-0.25, -0.2) is 4.98 Å². The van der Waals surface area contributed by atoms with E-state index in [1.807, 2.05) is 24.3 Å². The van der Waals surface area contributed by atoms with Crippen molar-refractivity contribution < 1.29 is 4.79 Å². The zero-order valence-corrected chi connectivity index (χ0v) is 17.5. The summed E-state index contributed by atoms with van der Waals surface area (Å²) in [5, 5.41) is 3.91. The summed E-state index contributed by atoms with van der Waals surface area (Å²) >= 11 is 6.06. The Labute approximate surface area is 176 Å². The van der Waals surface area contributed by atoms with Crippen LogP contribution in [-0.4, -0.2) is 35.0 Å². The predicted octanol–water partition coefficient (Wildman–Crippen LogP) is 4.57. The van der Waals surface area contributed by atoms with E-state index < -0.39 is 0 Å². The molecule has 0 unspecified atom stereocenters.